The maximum Gasteiger partial charge on any atom is 0.0451 e. The lowest BCUT2D eigenvalue weighted by molar-refractivity contribution is 0.252. The van der Waals surface area contributed by atoms with E-state index in [4.69, 9.17) is 0 Å². The molecule has 74 valence electrons. The van der Waals surface area contributed by atoms with Crippen LogP contribution in [0.2, 0.25) is 0 Å². The zero-order chi connectivity index (χ0) is 9.38. The highest BCUT2D eigenvalue weighted by atomic mass is 14.9. The summed E-state index contributed by atoms with van der Waals surface area (Å²) in [5.41, 5.74) is 2.78. The van der Waals surface area contributed by atoms with Crippen molar-refractivity contribution in [3.63, 3.8) is 0 Å². The minimum Gasteiger partial charge on any atom is -0.310 e. The Labute approximate surface area is 84.7 Å². The minimum absolute atomic E-state index is 0.598. The average molecular weight is 188 g/mol. The highest BCUT2D eigenvalue weighted by Gasteiger charge is 2.31. The second kappa shape index (κ2) is 3.35. The molecule has 1 aliphatic carbocycles. The van der Waals surface area contributed by atoms with E-state index in [0.29, 0.717) is 6.04 Å². The number of aromatic nitrogens is 1. The summed E-state index contributed by atoms with van der Waals surface area (Å²) in [5.74, 6) is 0.862. The monoisotopic (exact) mass is 188 g/mol. The van der Waals surface area contributed by atoms with Gasteiger partial charge in [0, 0.05) is 17.9 Å². The molecular formula is C12H16N2. The first kappa shape index (κ1) is 8.42. The predicted molar refractivity (Wildman–Crippen MR) is 56.0 cm³/mol. The Balaban J connectivity index is 1.99. The minimum atomic E-state index is 0.598. The molecule has 1 aromatic rings. The van der Waals surface area contributed by atoms with Gasteiger partial charge in [0.25, 0.3) is 0 Å². The van der Waals surface area contributed by atoms with E-state index in [-0.39, 0.29) is 0 Å². The molecule has 3 rings (SSSR count). The lowest BCUT2D eigenvalue weighted by atomic mass is 9.77. The van der Waals surface area contributed by atoms with Gasteiger partial charge >= 0.3 is 0 Å². The second-order valence-corrected chi connectivity index (χ2v) is 4.41. The first-order valence-corrected chi connectivity index (χ1v) is 5.62. The second-order valence-electron chi connectivity index (χ2n) is 4.41. The van der Waals surface area contributed by atoms with Gasteiger partial charge in [-0.1, -0.05) is 6.07 Å². The van der Waals surface area contributed by atoms with Crippen molar-refractivity contribution in [1.29, 1.82) is 0 Å². The van der Waals surface area contributed by atoms with Crippen molar-refractivity contribution >= 4 is 0 Å². The number of hydrogen-bond donors (Lipinski definition) is 1. The number of hydrogen-bond acceptors (Lipinski definition) is 2. The van der Waals surface area contributed by atoms with Gasteiger partial charge in [0.1, 0.15) is 0 Å². The lowest BCUT2D eigenvalue weighted by Gasteiger charge is -2.37. The molecule has 2 nitrogen and oxygen atoms in total. The molecule has 0 amide bonds. The number of pyridine rings is 1. The highest BCUT2D eigenvalue weighted by Crippen LogP contribution is 2.37. The molecule has 1 aromatic heterocycles. The van der Waals surface area contributed by atoms with Crippen LogP contribution in [0.5, 0.6) is 0 Å². The summed E-state index contributed by atoms with van der Waals surface area (Å²) in [6.45, 7) is 1.18. The van der Waals surface area contributed by atoms with Crippen LogP contribution in [0.1, 0.15) is 36.6 Å². The third kappa shape index (κ3) is 1.25. The molecule has 0 radical (unpaired) electrons. The predicted octanol–water partition coefficient (Wildman–Crippen LogP) is 2.07. The van der Waals surface area contributed by atoms with Crippen molar-refractivity contribution in [3.05, 3.63) is 29.6 Å². The summed E-state index contributed by atoms with van der Waals surface area (Å²) in [6, 6.07) is 4.91. The fourth-order valence-corrected chi connectivity index (χ4v) is 2.89. The van der Waals surface area contributed by atoms with Gasteiger partial charge in [-0.2, -0.15) is 0 Å². The summed E-state index contributed by atoms with van der Waals surface area (Å²) >= 11 is 0. The van der Waals surface area contributed by atoms with Crippen molar-refractivity contribution in [2.75, 3.05) is 6.54 Å². The molecule has 2 heterocycles. The van der Waals surface area contributed by atoms with Crippen LogP contribution in [0.3, 0.4) is 0 Å². The lowest BCUT2D eigenvalue weighted by Crippen LogP contribution is -2.37. The van der Waals surface area contributed by atoms with Crippen LogP contribution in [-0.2, 0) is 6.42 Å². The van der Waals surface area contributed by atoms with Crippen LogP contribution >= 0.6 is 0 Å². The molecule has 0 spiro atoms. The summed E-state index contributed by atoms with van der Waals surface area (Å²) in [4.78, 5) is 4.47. The van der Waals surface area contributed by atoms with Crippen molar-refractivity contribution in [3.8, 4) is 0 Å². The van der Waals surface area contributed by atoms with Gasteiger partial charge in [-0.15, -0.1) is 0 Å². The van der Waals surface area contributed by atoms with Gasteiger partial charge in [-0.3, -0.25) is 4.98 Å². The molecule has 1 N–H and O–H groups in total. The van der Waals surface area contributed by atoms with E-state index in [1.807, 2.05) is 6.20 Å². The summed E-state index contributed by atoms with van der Waals surface area (Å²) in [6.07, 6.45) is 7.16. The molecule has 0 aromatic carbocycles. The van der Waals surface area contributed by atoms with Crippen LogP contribution < -0.4 is 5.32 Å². The van der Waals surface area contributed by atoms with Gasteiger partial charge in [0.2, 0.25) is 0 Å². The third-order valence-electron chi connectivity index (χ3n) is 3.60. The van der Waals surface area contributed by atoms with Crippen molar-refractivity contribution in [1.82, 2.24) is 10.3 Å². The first-order valence-electron chi connectivity index (χ1n) is 5.62. The fraction of sp³-hybridized carbons (Fsp3) is 0.583. The Bertz CT molecular complexity index is 335. The van der Waals surface area contributed by atoms with E-state index in [9.17, 15) is 0 Å². The Hall–Kier alpha value is -0.890. The van der Waals surface area contributed by atoms with Crippen molar-refractivity contribution < 1.29 is 0 Å². The number of nitrogens with zero attached hydrogens (tertiary/aromatic N) is 1. The Morgan fingerprint density at radius 3 is 3.36 bits per heavy atom. The topological polar surface area (TPSA) is 24.9 Å². The van der Waals surface area contributed by atoms with Gasteiger partial charge < -0.3 is 5.32 Å². The molecule has 2 unspecified atom stereocenters. The van der Waals surface area contributed by atoms with Crippen LogP contribution in [0.25, 0.3) is 0 Å². The van der Waals surface area contributed by atoms with Crippen LogP contribution in [-0.4, -0.2) is 11.5 Å². The van der Waals surface area contributed by atoms with Gasteiger partial charge in [0.05, 0.1) is 0 Å². The number of piperidine rings is 1. The van der Waals surface area contributed by atoms with Gasteiger partial charge in [-0.25, -0.2) is 0 Å². The number of rotatable bonds is 0. The maximum absolute atomic E-state index is 4.47. The first-order chi connectivity index (χ1) is 6.95. The normalized spacial score (nSPS) is 30.6. The van der Waals surface area contributed by atoms with E-state index in [0.717, 1.165) is 5.92 Å². The van der Waals surface area contributed by atoms with Gasteiger partial charge in [0.15, 0.2) is 0 Å². The van der Waals surface area contributed by atoms with Crippen LogP contribution in [0.4, 0.5) is 0 Å². The zero-order valence-corrected chi connectivity index (χ0v) is 8.37. The summed E-state index contributed by atoms with van der Waals surface area (Å²) in [7, 11) is 0. The Kier molecular flexibility index (Phi) is 2.02. The smallest absolute Gasteiger partial charge is 0.0451 e. The highest BCUT2D eigenvalue weighted by molar-refractivity contribution is 5.27. The largest absolute Gasteiger partial charge is 0.310 e. The Morgan fingerprint density at radius 1 is 1.36 bits per heavy atom. The van der Waals surface area contributed by atoms with Gasteiger partial charge in [-0.05, 0) is 49.8 Å². The quantitative estimate of drug-likeness (QED) is 0.674. The fourth-order valence-electron chi connectivity index (χ4n) is 2.89. The SMILES string of the molecule is c1cnc2c(c1)C1NCCCC1CC2. The standard InChI is InChI=1S/C12H16N2/c1-3-9-5-6-11-10(4-2-7-13-11)12(9)14-8-1/h2,4,7,9,12,14H,1,3,5-6,8H2. The third-order valence-corrected chi connectivity index (χ3v) is 3.60. The molecule has 1 aliphatic heterocycles. The van der Waals surface area contributed by atoms with E-state index in [1.54, 1.807) is 0 Å². The number of nitrogens with one attached hydrogen (secondary N) is 1. The van der Waals surface area contributed by atoms with Crippen LogP contribution in [0.15, 0.2) is 18.3 Å². The number of fused-ring (bicyclic) bond motifs is 3. The zero-order valence-electron chi connectivity index (χ0n) is 8.37. The molecule has 1 fully saturated rings. The summed E-state index contributed by atoms with van der Waals surface area (Å²) < 4.78 is 0. The van der Waals surface area contributed by atoms with Crippen LogP contribution in [0, 0.1) is 5.92 Å². The van der Waals surface area contributed by atoms with E-state index in [2.05, 4.69) is 22.4 Å². The number of aryl methyl sites for hydroxylation is 1. The Morgan fingerprint density at radius 2 is 2.36 bits per heavy atom. The van der Waals surface area contributed by atoms with E-state index in [1.165, 1.54) is 43.5 Å². The maximum atomic E-state index is 4.47. The molecule has 0 bridgehead atoms. The molecule has 2 heteroatoms. The molecule has 14 heavy (non-hydrogen) atoms. The molecule has 0 saturated carbocycles. The molecule has 2 aliphatic rings. The average Bonchev–Trinajstić information content (AvgIpc) is 2.29. The molecule has 2 atom stereocenters. The van der Waals surface area contributed by atoms with E-state index < -0.39 is 0 Å². The molecular weight excluding hydrogens is 172 g/mol. The van der Waals surface area contributed by atoms with Crippen molar-refractivity contribution in [2.24, 2.45) is 5.92 Å². The summed E-state index contributed by atoms with van der Waals surface area (Å²) in [5, 5.41) is 3.64. The van der Waals surface area contributed by atoms with Crippen molar-refractivity contribution in [2.45, 2.75) is 31.7 Å². The molecule has 1 saturated heterocycles. The van der Waals surface area contributed by atoms with E-state index >= 15 is 0 Å².